The molecular formula is C32H26N6O4. The topological polar surface area (TPSA) is 129 Å². The Morgan fingerprint density at radius 3 is 2.00 bits per heavy atom. The molecule has 4 amide bonds. The molecule has 1 fully saturated rings. The Balaban J connectivity index is 1.32. The van der Waals surface area contributed by atoms with Crippen LogP contribution < -0.4 is 15.5 Å². The van der Waals surface area contributed by atoms with Gasteiger partial charge in [-0.1, -0.05) is 60.7 Å². The van der Waals surface area contributed by atoms with Crippen LogP contribution in [0.2, 0.25) is 0 Å². The normalized spacial score (nSPS) is 13.2. The van der Waals surface area contributed by atoms with Crippen LogP contribution >= 0.6 is 0 Å². The summed E-state index contributed by atoms with van der Waals surface area (Å²) in [6.45, 7) is 2.34. The Morgan fingerprint density at radius 2 is 1.38 bits per heavy atom. The zero-order valence-corrected chi connectivity index (χ0v) is 22.8. The van der Waals surface area contributed by atoms with E-state index in [2.05, 4.69) is 20.8 Å². The van der Waals surface area contributed by atoms with Crippen LogP contribution in [-0.2, 0) is 16.1 Å². The van der Waals surface area contributed by atoms with Crippen LogP contribution in [0.3, 0.4) is 0 Å². The highest BCUT2D eigenvalue weighted by molar-refractivity contribution is 6.33. The van der Waals surface area contributed by atoms with Gasteiger partial charge >= 0.3 is 6.03 Å². The third-order valence-electron chi connectivity index (χ3n) is 7.04. The lowest BCUT2D eigenvalue weighted by Gasteiger charge is -2.22. The minimum Gasteiger partial charge on any atom is -0.505 e. The van der Waals surface area contributed by atoms with E-state index >= 15 is 0 Å². The van der Waals surface area contributed by atoms with Gasteiger partial charge in [0.15, 0.2) is 0 Å². The molecule has 1 aliphatic rings. The predicted octanol–water partition coefficient (Wildman–Crippen LogP) is 4.24. The van der Waals surface area contributed by atoms with Gasteiger partial charge in [-0.25, -0.2) is 4.79 Å². The lowest BCUT2D eigenvalue weighted by atomic mass is 9.91. The average molecular weight is 559 g/mol. The van der Waals surface area contributed by atoms with Gasteiger partial charge in [0.2, 0.25) is 0 Å². The van der Waals surface area contributed by atoms with Crippen LogP contribution in [0.25, 0.3) is 22.3 Å². The van der Waals surface area contributed by atoms with E-state index in [0.717, 1.165) is 22.3 Å². The van der Waals surface area contributed by atoms with Crippen molar-refractivity contribution in [3.63, 3.8) is 0 Å². The number of anilines is 1. The Kier molecular flexibility index (Phi) is 6.71. The van der Waals surface area contributed by atoms with Crippen molar-refractivity contribution < 1.29 is 19.5 Å². The molecule has 4 aromatic carbocycles. The molecule has 10 nitrogen and oxygen atoms in total. The molecule has 10 heteroatoms. The fraction of sp³-hybridized carbons (Fsp3) is 0.0938. The molecule has 5 aromatic rings. The first-order valence-corrected chi connectivity index (χ1v) is 13.2. The summed E-state index contributed by atoms with van der Waals surface area (Å²) >= 11 is 0. The highest BCUT2D eigenvalue weighted by Crippen LogP contribution is 2.32. The summed E-state index contributed by atoms with van der Waals surface area (Å²) in [5.41, 5.74) is 6.01. The number of fused-ring (bicyclic) bond motifs is 1. The second-order valence-electron chi connectivity index (χ2n) is 10.0. The predicted molar refractivity (Wildman–Crippen MR) is 158 cm³/mol. The molecule has 1 aliphatic heterocycles. The van der Waals surface area contributed by atoms with E-state index in [1.165, 1.54) is 4.80 Å². The number of rotatable bonds is 6. The van der Waals surface area contributed by atoms with Crippen molar-refractivity contribution >= 4 is 40.1 Å². The van der Waals surface area contributed by atoms with Gasteiger partial charge in [0, 0.05) is 30.4 Å². The third kappa shape index (κ3) is 4.97. The summed E-state index contributed by atoms with van der Waals surface area (Å²) in [6, 6.07) is 26.9. The number of phenolic OH excluding ortho intramolecular Hbond substituents is 1. The van der Waals surface area contributed by atoms with Crippen molar-refractivity contribution in [3.8, 4) is 11.4 Å². The Labute approximate surface area is 240 Å². The molecule has 0 radical (unpaired) electrons. The lowest BCUT2D eigenvalue weighted by molar-refractivity contribution is -0.123. The maximum atomic E-state index is 12.7. The maximum Gasteiger partial charge on any atom is 0.328 e. The van der Waals surface area contributed by atoms with Crippen LogP contribution in [-0.4, -0.2) is 45.0 Å². The highest BCUT2D eigenvalue weighted by atomic mass is 16.3. The fourth-order valence-corrected chi connectivity index (χ4v) is 5.06. The second-order valence-corrected chi connectivity index (χ2v) is 10.0. The minimum atomic E-state index is -0.850. The van der Waals surface area contributed by atoms with Crippen LogP contribution in [0.4, 0.5) is 10.5 Å². The van der Waals surface area contributed by atoms with Gasteiger partial charge < -0.3 is 10.0 Å². The molecule has 0 atom stereocenters. The van der Waals surface area contributed by atoms with Gasteiger partial charge in [0.1, 0.15) is 28.0 Å². The Bertz CT molecular complexity index is 1840. The van der Waals surface area contributed by atoms with Crippen molar-refractivity contribution in [3.05, 3.63) is 119 Å². The van der Waals surface area contributed by atoms with E-state index in [1.807, 2.05) is 97.7 Å². The van der Waals surface area contributed by atoms with Gasteiger partial charge in [0.25, 0.3) is 11.8 Å². The summed E-state index contributed by atoms with van der Waals surface area (Å²) in [4.78, 5) is 40.6. The maximum absolute atomic E-state index is 12.7. The smallest absolute Gasteiger partial charge is 0.328 e. The highest BCUT2D eigenvalue weighted by Gasteiger charge is 2.32. The van der Waals surface area contributed by atoms with Gasteiger partial charge in [-0.05, 0) is 53.9 Å². The van der Waals surface area contributed by atoms with Crippen molar-refractivity contribution in [2.24, 2.45) is 0 Å². The molecule has 2 heterocycles. The number of amides is 4. The summed E-state index contributed by atoms with van der Waals surface area (Å²) in [6.07, 6.45) is 0. The van der Waals surface area contributed by atoms with E-state index in [4.69, 9.17) is 0 Å². The third-order valence-corrected chi connectivity index (χ3v) is 7.04. The molecule has 42 heavy (non-hydrogen) atoms. The molecule has 0 spiro atoms. The summed E-state index contributed by atoms with van der Waals surface area (Å²) < 4.78 is 0. The zero-order valence-electron chi connectivity index (χ0n) is 22.8. The number of barbiturate groups is 1. The quantitative estimate of drug-likeness (QED) is 0.210. The number of imide groups is 2. The number of hydrogen-bond acceptors (Lipinski definition) is 7. The lowest BCUT2D eigenvalue weighted by Crippen LogP contribution is -2.51. The minimum absolute atomic E-state index is 0.0874. The molecular weight excluding hydrogens is 532 g/mol. The van der Waals surface area contributed by atoms with Crippen molar-refractivity contribution in [1.29, 1.82) is 0 Å². The van der Waals surface area contributed by atoms with Crippen LogP contribution in [0, 0.1) is 6.92 Å². The molecule has 3 N–H and O–H groups in total. The largest absolute Gasteiger partial charge is 0.505 e. The molecule has 0 unspecified atom stereocenters. The standard InChI is InChI=1S/C32H26N6O4/c1-19-16-22(29(39)26(17-19)38-35-24-10-6-7-11-25(24)36-38)18-37(2)23-14-12-21(13-15-23)27(20-8-4-3-5-9-20)28-30(40)33-32(42)34-31(28)41/h3-17,39H,18H2,1-2H3,(H2,33,34,40,41,42). The number of aryl methyl sites for hydroxylation is 1. The van der Waals surface area contributed by atoms with Crippen molar-refractivity contribution in [2.75, 3.05) is 11.9 Å². The van der Waals surface area contributed by atoms with Gasteiger partial charge in [-0.2, -0.15) is 0 Å². The molecule has 0 bridgehead atoms. The number of hydrogen-bond donors (Lipinski definition) is 3. The SMILES string of the molecule is Cc1cc(CN(C)c2ccc(C(=C3C(=O)NC(=O)NC3=O)c3ccccc3)cc2)c(O)c(-n2nc3ccccc3n2)c1. The average Bonchev–Trinajstić information content (AvgIpc) is 3.41. The van der Waals surface area contributed by atoms with E-state index in [9.17, 15) is 19.5 Å². The zero-order chi connectivity index (χ0) is 29.4. The number of aromatic hydroxyl groups is 1. The number of carbonyl (C=O) groups excluding carboxylic acids is 3. The van der Waals surface area contributed by atoms with Crippen LogP contribution in [0.5, 0.6) is 5.75 Å². The number of urea groups is 1. The van der Waals surface area contributed by atoms with E-state index < -0.39 is 17.8 Å². The molecule has 6 rings (SSSR count). The number of nitrogens with one attached hydrogen (secondary N) is 2. The Hall–Kier alpha value is -5.77. The number of phenols is 1. The Morgan fingerprint density at radius 1 is 0.810 bits per heavy atom. The molecule has 0 aliphatic carbocycles. The molecule has 1 saturated heterocycles. The number of nitrogens with zero attached hydrogens (tertiary/aromatic N) is 4. The van der Waals surface area contributed by atoms with Crippen LogP contribution in [0.15, 0.2) is 96.6 Å². The van der Waals surface area contributed by atoms with E-state index in [0.29, 0.717) is 34.5 Å². The molecule has 0 saturated carbocycles. The second kappa shape index (κ2) is 10.7. The van der Waals surface area contributed by atoms with Gasteiger partial charge in [-0.15, -0.1) is 15.0 Å². The van der Waals surface area contributed by atoms with Crippen LogP contribution in [0.1, 0.15) is 22.3 Å². The van der Waals surface area contributed by atoms with Gasteiger partial charge in [-0.3, -0.25) is 20.2 Å². The number of benzene rings is 4. The first-order valence-electron chi connectivity index (χ1n) is 13.2. The van der Waals surface area contributed by atoms with Crippen molar-refractivity contribution in [1.82, 2.24) is 25.6 Å². The summed E-state index contributed by atoms with van der Waals surface area (Å²) in [5, 5.41) is 24.6. The first kappa shape index (κ1) is 26.5. The fourth-order valence-electron chi connectivity index (χ4n) is 5.06. The molecule has 1 aromatic heterocycles. The summed E-state index contributed by atoms with van der Waals surface area (Å²) in [5.74, 6) is -1.42. The van der Waals surface area contributed by atoms with E-state index in [1.54, 1.807) is 12.1 Å². The monoisotopic (exact) mass is 558 g/mol. The van der Waals surface area contributed by atoms with Crippen molar-refractivity contribution in [2.45, 2.75) is 13.5 Å². The van der Waals surface area contributed by atoms with Gasteiger partial charge in [0.05, 0.1) is 0 Å². The number of aromatic nitrogens is 3. The first-order chi connectivity index (χ1) is 20.3. The van der Waals surface area contributed by atoms with E-state index in [-0.39, 0.29) is 11.3 Å². The molecule has 208 valence electrons. The number of carbonyl (C=O) groups is 3. The summed E-state index contributed by atoms with van der Waals surface area (Å²) in [7, 11) is 1.90.